The first kappa shape index (κ1) is 24.3. The lowest BCUT2D eigenvalue weighted by Gasteiger charge is -2.23. The van der Waals surface area contributed by atoms with Crippen LogP contribution < -0.4 is 5.32 Å². The Morgan fingerprint density at radius 2 is 1.26 bits per heavy atom. The molecule has 0 heterocycles. The van der Waals surface area contributed by atoms with E-state index in [4.69, 9.17) is 0 Å². The smallest absolute Gasteiger partial charge is 0.258 e. The number of carbonyl (C=O) groups excluding carboxylic acids is 1. The average molecular weight is 493 g/mol. The molecule has 4 aromatic carbocycles. The van der Waals surface area contributed by atoms with Gasteiger partial charge < -0.3 is 5.32 Å². The van der Waals surface area contributed by atoms with Crippen LogP contribution in [0.3, 0.4) is 0 Å². The fourth-order valence-corrected chi connectivity index (χ4v) is 4.97. The molecule has 0 unspecified atom stereocenters. The maximum absolute atomic E-state index is 14.9. The molecule has 0 aliphatic rings. The Labute approximate surface area is 202 Å². The van der Waals surface area contributed by atoms with Gasteiger partial charge in [0.15, 0.2) is 0 Å². The predicted molar refractivity (Wildman–Crippen MR) is 130 cm³/mol. The van der Waals surface area contributed by atoms with E-state index in [1.807, 2.05) is 60.7 Å². The Hall–Kier alpha value is -3.88. The minimum Gasteiger partial charge on any atom is -0.319 e. The Morgan fingerprint density at radius 1 is 0.714 bits per heavy atom. The number of halogens is 2. The lowest BCUT2D eigenvalue weighted by molar-refractivity contribution is 0.102. The number of sulfonamides is 1. The van der Waals surface area contributed by atoms with Crippen LogP contribution in [0.25, 0.3) is 0 Å². The van der Waals surface area contributed by atoms with Crippen molar-refractivity contribution in [1.82, 2.24) is 4.31 Å². The van der Waals surface area contributed by atoms with Crippen LogP contribution in [0.5, 0.6) is 0 Å². The van der Waals surface area contributed by atoms with Crippen molar-refractivity contribution in [2.45, 2.75) is 18.0 Å². The standard InChI is InChI=1S/C27H22F2N2O3S/c28-24-14-8-7-13-23(24)27(32)30-26-16-15-22(17-25(26)29)35(33,34)31(18-20-9-3-1-4-10-20)19-21-11-5-2-6-12-21/h1-17H,18-19H2,(H,30,32). The normalized spacial score (nSPS) is 11.4. The number of nitrogens with one attached hydrogen (secondary N) is 1. The second kappa shape index (κ2) is 10.6. The molecule has 178 valence electrons. The second-order valence-electron chi connectivity index (χ2n) is 7.82. The maximum Gasteiger partial charge on any atom is 0.258 e. The molecule has 0 radical (unpaired) electrons. The summed E-state index contributed by atoms with van der Waals surface area (Å²) in [4.78, 5) is 12.1. The number of rotatable bonds is 8. The van der Waals surface area contributed by atoms with Gasteiger partial charge >= 0.3 is 0 Å². The summed E-state index contributed by atoms with van der Waals surface area (Å²) in [7, 11) is -4.10. The van der Waals surface area contributed by atoms with Gasteiger partial charge in [-0.15, -0.1) is 0 Å². The first-order chi connectivity index (χ1) is 16.8. The van der Waals surface area contributed by atoms with Crippen molar-refractivity contribution in [1.29, 1.82) is 0 Å². The van der Waals surface area contributed by atoms with E-state index < -0.39 is 27.6 Å². The van der Waals surface area contributed by atoms with Gasteiger partial charge in [0.05, 0.1) is 16.1 Å². The Morgan fingerprint density at radius 3 is 1.80 bits per heavy atom. The van der Waals surface area contributed by atoms with Crippen LogP contribution in [0, 0.1) is 11.6 Å². The first-order valence-electron chi connectivity index (χ1n) is 10.8. The topological polar surface area (TPSA) is 66.5 Å². The number of benzene rings is 4. The van der Waals surface area contributed by atoms with Crippen molar-refractivity contribution in [2.24, 2.45) is 0 Å². The second-order valence-corrected chi connectivity index (χ2v) is 9.76. The highest BCUT2D eigenvalue weighted by atomic mass is 32.2. The zero-order chi connectivity index (χ0) is 24.8. The molecular weight excluding hydrogens is 470 g/mol. The Bertz CT molecular complexity index is 1390. The third-order valence-electron chi connectivity index (χ3n) is 5.35. The lowest BCUT2D eigenvalue weighted by atomic mass is 10.2. The van der Waals surface area contributed by atoms with Gasteiger partial charge in [-0.1, -0.05) is 72.8 Å². The van der Waals surface area contributed by atoms with Crippen LogP contribution in [0.4, 0.5) is 14.5 Å². The molecule has 0 fully saturated rings. The summed E-state index contributed by atoms with van der Waals surface area (Å²) in [5.74, 6) is -2.54. The fourth-order valence-electron chi connectivity index (χ4n) is 3.54. The van der Waals surface area contributed by atoms with Gasteiger partial charge in [0.2, 0.25) is 10.0 Å². The van der Waals surface area contributed by atoms with Gasteiger partial charge in [-0.25, -0.2) is 17.2 Å². The summed E-state index contributed by atoms with van der Waals surface area (Å²) in [5, 5.41) is 2.29. The SMILES string of the molecule is O=C(Nc1ccc(S(=O)(=O)N(Cc2ccccc2)Cc2ccccc2)cc1F)c1ccccc1F. The summed E-state index contributed by atoms with van der Waals surface area (Å²) in [5.41, 5.74) is 1.05. The fraction of sp³-hybridized carbons (Fsp3) is 0.0741. The van der Waals surface area contributed by atoms with E-state index >= 15 is 0 Å². The van der Waals surface area contributed by atoms with Crippen LogP contribution in [0.15, 0.2) is 108 Å². The molecule has 4 aromatic rings. The van der Waals surface area contributed by atoms with Crippen LogP contribution >= 0.6 is 0 Å². The van der Waals surface area contributed by atoms with E-state index in [2.05, 4.69) is 5.32 Å². The van der Waals surface area contributed by atoms with E-state index in [1.165, 1.54) is 28.6 Å². The molecule has 0 aliphatic heterocycles. The molecule has 0 atom stereocenters. The predicted octanol–water partition coefficient (Wildman–Crippen LogP) is 5.61. The Kier molecular flexibility index (Phi) is 7.33. The number of hydrogen-bond donors (Lipinski definition) is 1. The summed E-state index contributed by atoms with van der Waals surface area (Å²) in [6.07, 6.45) is 0. The molecule has 0 saturated carbocycles. The van der Waals surface area contributed by atoms with Crippen molar-refractivity contribution in [3.05, 3.63) is 131 Å². The summed E-state index contributed by atoms with van der Waals surface area (Å²) < 4.78 is 57.1. The number of amides is 1. The van der Waals surface area contributed by atoms with Gasteiger partial charge in [0.25, 0.3) is 5.91 Å². The Balaban J connectivity index is 1.62. The number of hydrogen-bond acceptors (Lipinski definition) is 3. The molecule has 0 saturated heterocycles. The maximum atomic E-state index is 14.9. The van der Waals surface area contributed by atoms with Gasteiger partial charge in [-0.2, -0.15) is 4.31 Å². The van der Waals surface area contributed by atoms with Gasteiger partial charge in [0.1, 0.15) is 11.6 Å². The van der Waals surface area contributed by atoms with Crippen molar-refractivity contribution in [3.63, 3.8) is 0 Å². The zero-order valence-corrected chi connectivity index (χ0v) is 19.4. The van der Waals surface area contributed by atoms with E-state index in [0.29, 0.717) is 0 Å². The largest absolute Gasteiger partial charge is 0.319 e. The van der Waals surface area contributed by atoms with Crippen LogP contribution in [-0.4, -0.2) is 18.6 Å². The summed E-state index contributed by atoms with van der Waals surface area (Å²) in [6, 6.07) is 26.7. The van der Waals surface area contributed by atoms with Crippen LogP contribution in [0.2, 0.25) is 0 Å². The van der Waals surface area contributed by atoms with E-state index in [1.54, 1.807) is 0 Å². The third kappa shape index (κ3) is 5.79. The molecule has 1 amide bonds. The van der Waals surface area contributed by atoms with Crippen molar-refractivity contribution >= 4 is 21.6 Å². The molecule has 0 aromatic heterocycles. The quantitative estimate of drug-likeness (QED) is 0.348. The first-order valence-corrected chi connectivity index (χ1v) is 12.2. The van der Waals surface area contributed by atoms with Crippen LogP contribution in [0.1, 0.15) is 21.5 Å². The molecule has 4 rings (SSSR count). The van der Waals surface area contributed by atoms with E-state index in [0.717, 1.165) is 29.3 Å². The molecule has 8 heteroatoms. The molecule has 35 heavy (non-hydrogen) atoms. The summed E-state index contributed by atoms with van der Waals surface area (Å²) in [6.45, 7) is 0.177. The minimum absolute atomic E-state index is 0.0887. The molecule has 1 N–H and O–H groups in total. The summed E-state index contributed by atoms with van der Waals surface area (Å²) >= 11 is 0. The molecule has 0 aliphatic carbocycles. The zero-order valence-electron chi connectivity index (χ0n) is 18.6. The highest BCUT2D eigenvalue weighted by molar-refractivity contribution is 7.89. The number of anilines is 1. The lowest BCUT2D eigenvalue weighted by Crippen LogP contribution is -2.30. The van der Waals surface area contributed by atoms with Crippen molar-refractivity contribution in [3.8, 4) is 0 Å². The third-order valence-corrected chi connectivity index (χ3v) is 7.14. The van der Waals surface area contributed by atoms with Crippen molar-refractivity contribution in [2.75, 3.05) is 5.32 Å². The van der Waals surface area contributed by atoms with Gasteiger partial charge in [0, 0.05) is 13.1 Å². The highest BCUT2D eigenvalue weighted by Crippen LogP contribution is 2.25. The van der Waals surface area contributed by atoms with E-state index in [-0.39, 0.29) is 29.2 Å². The monoisotopic (exact) mass is 492 g/mol. The molecule has 5 nitrogen and oxygen atoms in total. The molecule has 0 bridgehead atoms. The van der Waals surface area contributed by atoms with E-state index in [9.17, 15) is 22.0 Å². The average Bonchev–Trinajstić information content (AvgIpc) is 2.86. The van der Waals surface area contributed by atoms with Crippen LogP contribution in [-0.2, 0) is 23.1 Å². The highest BCUT2D eigenvalue weighted by Gasteiger charge is 2.26. The molecule has 0 spiro atoms. The van der Waals surface area contributed by atoms with Gasteiger partial charge in [-0.05, 0) is 41.5 Å². The molecular formula is C27H22F2N2O3S. The number of nitrogens with zero attached hydrogens (tertiary/aromatic N) is 1. The minimum atomic E-state index is -4.10. The van der Waals surface area contributed by atoms with Crippen molar-refractivity contribution < 1.29 is 22.0 Å². The number of carbonyl (C=O) groups is 1. The van der Waals surface area contributed by atoms with Gasteiger partial charge in [-0.3, -0.25) is 4.79 Å².